The largest absolute Gasteiger partial charge is 0.417 e. The Hall–Kier alpha value is -1.46. The highest BCUT2D eigenvalue weighted by molar-refractivity contribution is 6.02. The van der Waals surface area contributed by atoms with Gasteiger partial charge in [0, 0.05) is 12.5 Å². The van der Waals surface area contributed by atoms with Crippen LogP contribution in [0.25, 0.3) is 0 Å². The number of hydrogen-bond acceptors (Lipinski definition) is 1. The molecule has 0 bridgehead atoms. The molecule has 1 aromatic carbocycles. The fraction of sp³-hybridized carbons (Fsp3) is 0.300. The lowest BCUT2D eigenvalue weighted by molar-refractivity contribution is -0.138. The lowest BCUT2D eigenvalue weighted by Gasteiger charge is -2.14. The summed E-state index contributed by atoms with van der Waals surface area (Å²) in [4.78, 5) is 11.1. The minimum Gasteiger partial charge on any atom is -0.287 e. The van der Waals surface area contributed by atoms with Crippen molar-refractivity contribution in [3.05, 3.63) is 35.4 Å². The average molecular weight is 238 g/mol. The second kappa shape index (κ2) is 3.84. The van der Waals surface area contributed by atoms with Crippen molar-refractivity contribution in [3.8, 4) is 0 Å². The Balaban J connectivity index is 3.31. The van der Waals surface area contributed by atoms with Gasteiger partial charge >= 0.3 is 12.1 Å². The standard InChI is InChI=1S/C10H7F5O/c1-9(11,12)8(16)6-4-2-3-5-7(6)10(13,14)15/h2-5H,1H3. The summed E-state index contributed by atoms with van der Waals surface area (Å²) in [5, 5.41) is 0. The molecule has 0 aliphatic heterocycles. The van der Waals surface area contributed by atoms with Crippen LogP contribution < -0.4 is 0 Å². The summed E-state index contributed by atoms with van der Waals surface area (Å²) in [5.74, 6) is -5.65. The lowest BCUT2D eigenvalue weighted by Crippen LogP contribution is -2.27. The van der Waals surface area contributed by atoms with E-state index in [1.807, 2.05) is 0 Å². The van der Waals surface area contributed by atoms with E-state index in [4.69, 9.17) is 0 Å². The number of rotatable bonds is 2. The molecule has 0 amide bonds. The number of halogens is 5. The van der Waals surface area contributed by atoms with Crippen LogP contribution in [0.1, 0.15) is 22.8 Å². The zero-order valence-corrected chi connectivity index (χ0v) is 8.11. The first-order valence-corrected chi connectivity index (χ1v) is 4.23. The lowest BCUT2D eigenvalue weighted by atomic mass is 10.00. The molecule has 0 spiro atoms. The summed E-state index contributed by atoms with van der Waals surface area (Å²) in [7, 11) is 0. The van der Waals surface area contributed by atoms with Crippen molar-refractivity contribution in [2.75, 3.05) is 0 Å². The summed E-state index contributed by atoms with van der Waals surface area (Å²) in [5.41, 5.74) is -2.36. The van der Waals surface area contributed by atoms with E-state index < -0.39 is 29.0 Å². The third kappa shape index (κ3) is 2.56. The molecule has 0 saturated heterocycles. The van der Waals surface area contributed by atoms with Gasteiger partial charge in [0.1, 0.15) is 0 Å². The SMILES string of the molecule is CC(F)(F)C(=O)c1ccccc1C(F)(F)F. The molecule has 0 atom stereocenters. The van der Waals surface area contributed by atoms with Gasteiger partial charge in [0.05, 0.1) is 5.56 Å². The predicted octanol–water partition coefficient (Wildman–Crippen LogP) is 3.54. The minimum atomic E-state index is -4.82. The normalized spacial score (nSPS) is 12.6. The maximum atomic E-state index is 12.7. The van der Waals surface area contributed by atoms with Gasteiger partial charge in [-0.15, -0.1) is 0 Å². The fourth-order valence-corrected chi connectivity index (χ4v) is 1.16. The Morgan fingerprint density at radius 2 is 1.56 bits per heavy atom. The molecule has 0 heterocycles. The van der Waals surface area contributed by atoms with Gasteiger partial charge in [-0.1, -0.05) is 18.2 Å². The van der Waals surface area contributed by atoms with Crippen molar-refractivity contribution in [1.29, 1.82) is 0 Å². The van der Waals surface area contributed by atoms with E-state index >= 15 is 0 Å². The van der Waals surface area contributed by atoms with E-state index in [0.717, 1.165) is 18.2 Å². The Morgan fingerprint density at radius 3 is 2.00 bits per heavy atom. The molecule has 0 radical (unpaired) electrons. The van der Waals surface area contributed by atoms with E-state index in [1.165, 1.54) is 0 Å². The van der Waals surface area contributed by atoms with Crippen LogP contribution in [0.4, 0.5) is 22.0 Å². The topological polar surface area (TPSA) is 17.1 Å². The third-order valence-corrected chi connectivity index (χ3v) is 1.88. The maximum absolute atomic E-state index is 12.7. The summed E-state index contributed by atoms with van der Waals surface area (Å²) in [6.45, 7) is 0.266. The molecule has 1 aromatic rings. The van der Waals surface area contributed by atoms with Crippen molar-refractivity contribution in [3.63, 3.8) is 0 Å². The van der Waals surface area contributed by atoms with Crippen LogP contribution in [0, 0.1) is 0 Å². The van der Waals surface area contributed by atoms with Crippen LogP contribution in [0.15, 0.2) is 24.3 Å². The second-order valence-corrected chi connectivity index (χ2v) is 3.26. The Kier molecular flexibility index (Phi) is 3.03. The Labute approximate surface area is 87.9 Å². The van der Waals surface area contributed by atoms with Crippen LogP contribution in [0.3, 0.4) is 0 Å². The minimum absolute atomic E-state index is 0.266. The van der Waals surface area contributed by atoms with E-state index in [0.29, 0.717) is 6.07 Å². The van der Waals surface area contributed by atoms with Crippen molar-refractivity contribution in [2.24, 2.45) is 0 Å². The number of ketones is 1. The first-order chi connectivity index (χ1) is 7.14. The first kappa shape index (κ1) is 12.6. The smallest absolute Gasteiger partial charge is 0.287 e. The van der Waals surface area contributed by atoms with Crippen LogP contribution in [-0.4, -0.2) is 11.7 Å². The van der Waals surface area contributed by atoms with Gasteiger partial charge in [-0.2, -0.15) is 22.0 Å². The fourth-order valence-electron chi connectivity index (χ4n) is 1.16. The van der Waals surface area contributed by atoms with Gasteiger partial charge in [0.2, 0.25) is 5.78 Å². The van der Waals surface area contributed by atoms with Gasteiger partial charge in [-0.3, -0.25) is 4.79 Å². The highest BCUT2D eigenvalue weighted by Crippen LogP contribution is 2.34. The maximum Gasteiger partial charge on any atom is 0.417 e. The molecule has 0 saturated carbocycles. The van der Waals surface area contributed by atoms with Crippen molar-refractivity contribution in [2.45, 2.75) is 19.0 Å². The molecule has 1 nitrogen and oxygen atoms in total. The van der Waals surface area contributed by atoms with Crippen molar-refractivity contribution < 1.29 is 26.7 Å². The van der Waals surface area contributed by atoms with Crippen molar-refractivity contribution in [1.82, 2.24) is 0 Å². The van der Waals surface area contributed by atoms with E-state index in [-0.39, 0.29) is 6.92 Å². The first-order valence-electron chi connectivity index (χ1n) is 4.23. The van der Waals surface area contributed by atoms with Crippen LogP contribution in [0.2, 0.25) is 0 Å². The van der Waals surface area contributed by atoms with Gasteiger partial charge in [0.25, 0.3) is 0 Å². The van der Waals surface area contributed by atoms with E-state index in [9.17, 15) is 26.7 Å². The molecule has 88 valence electrons. The van der Waals surface area contributed by atoms with Crippen LogP contribution in [0.5, 0.6) is 0 Å². The zero-order chi connectivity index (χ0) is 12.6. The molecular formula is C10H7F5O. The van der Waals surface area contributed by atoms with Crippen LogP contribution >= 0.6 is 0 Å². The molecule has 6 heteroatoms. The molecule has 0 unspecified atom stereocenters. The number of Topliss-reactive ketones (excluding diaryl/α,β-unsaturated/α-hetero) is 1. The average Bonchev–Trinajstić information content (AvgIpc) is 2.14. The van der Waals surface area contributed by atoms with Gasteiger partial charge in [-0.05, 0) is 6.07 Å². The van der Waals surface area contributed by atoms with Gasteiger partial charge < -0.3 is 0 Å². The van der Waals surface area contributed by atoms with E-state index in [2.05, 4.69) is 0 Å². The molecule has 0 fully saturated rings. The quantitative estimate of drug-likeness (QED) is 0.568. The van der Waals surface area contributed by atoms with Gasteiger partial charge in [0.15, 0.2) is 0 Å². The third-order valence-electron chi connectivity index (χ3n) is 1.88. The summed E-state index contributed by atoms with van der Waals surface area (Å²) >= 11 is 0. The molecule has 0 aliphatic carbocycles. The van der Waals surface area contributed by atoms with E-state index in [1.54, 1.807) is 0 Å². The highest BCUT2D eigenvalue weighted by atomic mass is 19.4. The molecule has 16 heavy (non-hydrogen) atoms. The molecule has 0 N–H and O–H groups in total. The summed E-state index contributed by atoms with van der Waals surface area (Å²) < 4.78 is 62.5. The van der Waals surface area contributed by atoms with Crippen molar-refractivity contribution >= 4 is 5.78 Å². The number of carbonyl (C=O) groups is 1. The number of hydrogen-bond donors (Lipinski definition) is 0. The summed E-state index contributed by atoms with van der Waals surface area (Å²) in [6.07, 6.45) is -4.82. The Bertz CT molecular complexity index is 402. The number of carbonyl (C=O) groups excluding carboxylic acids is 1. The Morgan fingerprint density at radius 1 is 1.06 bits per heavy atom. The monoisotopic (exact) mass is 238 g/mol. The summed E-state index contributed by atoms with van der Waals surface area (Å²) in [6, 6.07) is 3.48. The molecule has 0 aromatic heterocycles. The number of benzene rings is 1. The zero-order valence-electron chi connectivity index (χ0n) is 8.11. The van der Waals surface area contributed by atoms with Gasteiger partial charge in [-0.25, -0.2) is 0 Å². The predicted molar refractivity (Wildman–Crippen MR) is 46.4 cm³/mol. The second-order valence-electron chi connectivity index (χ2n) is 3.26. The molecule has 1 rings (SSSR count). The number of alkyl halides is 5. The van der Waals surface area contributed by atoms with Crippen LogP contribution in [-0.2, 0) is 6.18 Å². The molecule has 0 aliphatic rings. The highest BCUT2D eigenvalue weighted by Gasteiger charge is 2.40. The molecular weight excluding hydrogens is 231 g/mol.